The van der Waals surface area contributed by atoms with Crippen LogP contribution in [0.5, 0.6) is 5.75 Å². The van der Waals surface area contributed by atoms with Gasteiger partial charge in [-0.2, -0.15) is 4.31 Å². The van der Waals surface area contributed by atoms with Crippen LogP contribution >= 0.6 is 11.6 Å². The quantitative estimate of drug-likeness (QED) is 0.325. The minimum atomic E-state index is -4.27. The molecule has 0 spiro atoms. The number of carbonyl (C=O) groups is 3. The summed E-state index contributed by atoms with van der Waals surface area (Å²) in [5.41, 5.74) is 1.39. The normalized spacial score (nSPS) is 14.0. The molecule has 39 heavy (non-hydrogen) atoms. The summed E-state index contributed by atoms with van der Waals surface area (Å²) in [6.45, 7) is -0.356. The van der Waals surface area contributed by atoms with E-state index in [1.807, 2.05) is 12.1 Å². The van der Waals surface area contributed by atoms with Gasteiger partial charge in [0.05, 0.1) is 23.1 Å². The molecule has 0 fully saturated rings. The molecule has 1 unspecified atom stereocenters. The Morgan fingerprint density at radius 1 is 0.974 bits per heavy atom. The summed E-state index contributed by atoms with van der Waals surface area (Å²) >= 11 is 5.95. The number of carboxylic acid groups (broad SMARTS) is 1. The van der Waals surface area contributed by atoms with Crippen molar-refractivity contribution in [1.82, 2.24) is 9.21 Å². The number of benzene rings is 3. The first-order valence-electron chi connectivity index (χ1n) is 12.2. The van der Waals surface area contributed by atoms with Gasteiger partial charge in [-0.3, -0.25) is 19.3 Å². The van der Waals surface area contributed by atoms with E-state index >= 15 is 0 Å². The second-order valence-electron chi connectivity index (χ2n) is 8.97. The van der Waals surface area contributed by atoms with Crippen LogP contribution in [0, 0.1) is 0 Å². The summed E-state index contributed by atoms with van der Waals surface area (Å²) < 4.78 is 33.5. The van der Waals surface area contributed by atoms with Gasteiger partial charge in [-0.25, -0.2) is 8.42 Å². The molecule has 0 radical (unpaired) electrons. The van der Waals surface area contributed by atoms with Crippen molar-refractivity contribution < 1.29 is 32.6 Å². The number of hydrogen-bond donors (Lipinski definition) is 1. The van der Waals surface area contributed by atoms with Gasteiger partial charge in [0.1, 0.15) is 11.8 Å². The molecule has 3 aromatic rings. The zero-order valence-corrected chi connectivity index (χ0v) is 22.7. The smallest absolute Gasteiger partial charge is 0.322 e. The Labute approximate surface area is 231 Å². The van der Waals surface area contributed by atoms with Crippen molar-refractivity contribution in [2.75, 3.05) is 20.2 Å². The van der Waals surface area contributed by atoms with Gasteiger partial charge in [0, 0.05) is 18.1 Å². The Morgan fingerprint density at radius 3 is 2.10 bits per heavy atom. The van der Waals surface area contributed by atoms with Crippen molar-refractivity contribution in [3.8, 4) is 5.75 Å². The summed E-state index contributed by atoms with van der Waals surface area (Å²) in [6, 6.07) is 17.6. The van der Waals surface area contributed by atoms with Crippen LogP contribution in [0.25, 0.3) is 0 Å². The van der Waals surface area contributed by atoms with Gasteiger partial charge >= 0.3 is 5.97 Å². The Bertz CT molecular complexity index is 1440. The summed E-state index contributed by atoms with van der Waals surface area (Å²) in [5, 5.41) is 10.7. The topological polar surface area (TPSA) is 121 Å². The summed E-state index contributed by atoms with van der Waals surface area (Å²) in [7, 11) is -2.82. The van der Waals surface area contributed by atoms with Gasteiger partial charge in [0.15, 0.2) is 0 Å². The molecule has 0 saturated heterocycles. The molecular formula is C28H27ClN2O7S. The number of carbonyl (C=O) groups excluding carboxylic acids is 2. The van der Waals surface area contributed by atoms with Gasteiger partial charge in [-0.05, 0) is 73.4 Å². The number of halogens is 1. The number of fused-ring (bicyclic) bond motifs is 1. The van der Waals surface area contributed by atoms with E-state index in [1.165, 1.54) is 43.5 Å². The van der Waals surface area contributed by atoms with E-state index in [0.29, 0.717) is 23.6 Å². The number of aliphatic carboxylic acids is 1. The van der Waals surface area contributed by atoms with Gasteiger partial charge in [-0.15, -0.1) is 0 Å². The molecule has 9 nitrogen and oxygen atoms in total. The number of sulfonamides is 1. The highest BCUT2D eigenvalue weighted by Gasteiger charge is 2.39. The number of carboxylic acids is 1. The second kappa shape index (κ2) is 12.0. The second-order valence-corrected chi connectivity index (χ2v) is 11.3. The molecule has 0 bridgehead atoms. The summed E-state index contributed by atoms with van der Waals surface area (Å²) in [6.07, 6.45) is 0.529. The molecule has 2 amide bonds. The van der Waals surface area contributed by atoms with E-state index in [9.17, 15) is 27.9 Å². The number of hydrogen-bond acceptors (Lipinski definition) is 6. The van der Waals surface area contributed by atoms with E-state index in [4.69, 9.17) is 16.3 Å². The number of ether oxygens (including phenoxy) is 1. The molecule has 4 rings (SSSR count). The van der Waals surface area contributed by atoms with E-state index in [-0.39, 0.29) is 35.5 Å². The van der Waals surface area contributed by atoms with Crippen LogP contribution in [-0.2, 0) is 21.2 Å². The number of amides is 2. The van der Waals surface area contributed by atoms with Gasteiger partial charge < -0.3 is 9.84 Å². The molecule has 0 saturated carbocycles. The fourth-order valence-corrected chi connectivity index (χ4v) is 6.28. The lowest BCUT2D eigenvalue weighted by atomic mass is 10.1. The predicted molar refractivity (Wildman–Crippen MR) is 145 cm³/mol. The largest absolute Gasteiger partial charge is 0.497 e. The highest BCUT2D eigenvalue weighted by Crippen LogP contribution is 2.26. The molecule has 0 aliphatic carbocycles. The minimum Gasteiger partial charge on any atom is -0.497 e. The number of nitrogens with zero attached hydrogens (tertiary/aromatic N) is 2. The third kappa shape index (κ3) is 6.13. The van der Waals surface area contributed by atoms with Gasteiger partial charge in [-0.1, -0.05) is 35.9 Å². The molecule has 1 aliphatic heterocycles. The maximum Gasteiger partial charge on any atom is 0.322 e. The third-order valence-corrected chi connectivity index (χ3v) is 8.73. The lowest BCUT2D eigenvalue weighted by molar-refractivity contribution is -0.141. The summed E-state index contributed by atoms with van der Waals surface area (Å²) in [5.74, 6) is -2.00. The fourth-order valence-electron chi connectivity index (χ4n) is 4.50. The molecule has 204 valence electrons. The first-order chi connectivity index (χ1) is 18.6. The SMILES string of the molecule is COc1ccc(S(=O)(=O)N(CCCc2ccc(Cl)cc2)C(CCN2C(=O)c3ccccc3C2=O)C(=O)O)cc1. The lowest BCUT2D eigenvalue weighted by Gasteiger charge is -2.29. The van der Waals surface area contributed by atoms with Gasteiger partial charge in [0.2, 0.25) is 10.0 Å². The van der Waals surface area contributed by atoms with E-state index < -0.39 is 33.8 Å². The molecule has 1 N–H and O–H groups in total. The number of aryl methyl sites for hydroxylation is 1. The van der Waals surface area contributed by atoms with E-state index in [1.54, 1.807) is 24.3 Å². The third-order valence-electron chi connectivity index (χ3n) is 6.56. The summed E-state index contributed by atoms with van der Waals surface area (Å²) in [4.78, 5) is 38.9. The van der Waals surface area contributed by atoms with Gasteiger partial charge in [0.25, 0.3) is 11.8 Å². The highest BCUT2D eigenvalue weighted by molar-refractivity contribution is 7.89. The maximum atomic E-state index is 13.7. The van der Waals surface area contributed by atoms with Crippen LogP contribution in [0.4, 0.5) is 0 Å². The molecule has 1 atom stereocenters. The van der Waals surface area contributed by atoms with Crippen LogP contribution in [0.1, 0.15) is 39.1 Å². The van der Waals surface area contributed by atoms with Crippen molar-refractivity contribution in [1.29, 1.82) is 0 Å². The Morgan fingerprint density at radius 2 is 1.56 bits per heavy atom. The minimum absolute atomic E-state index is 0.0956. The van der Waals surface area contributed by atoms with Crippen LogP contribution in [0.3, 0.4) is 0 Å². The van der Waals surface area contributed by atoms with E-state index in [2.05, 4.69) is 0 Å². The maximum absolute atomic E-state index is 13.7. The molecule has 1 aliphatic rings. The average molecular weight is 571 g/mol. The Kier molecular flexibility index (Phi) is 8.69. The van der Waals surface area contributed by atoms with Crippen LogP contribution in [-0.4, -0.2) is 66.8 Å². The van der Waals surface area contributed by atoms with E-state index in [0.717, 1.165) is 14.8 Å². The van der Waals surface area contributed by atoms with Crippen LogP contribution in [0.2, 0.25) is 5.02 Å². The van der Waals surface area contributed by atoms with Crippen molar-refractivity contribution >= 4 is 39.4 Å². The zero-order chi connectivity index (χ0) is 28.2. The standard InChI is InChI=1S/C28H27ClN2O7S/c1-38-21-12-14-22(15-13-21)39(36,37)31(17-4-5-19-8-10-20(29)11-9-19)25(28(34)35)16-18-30-26(32)23-6-2-3-7-24(23)27(30)33/h2-3,6-15,25H,4-5,16-18H2,1H3,(H,34,35). The molecule has 3 aromatic carbocycles. The number of methoxy groups -OCH3 is 1. The zero-order valence-electron chi connectivity index (χ0n) is 21.1. The van der Waals surface area contributed by atoms with Crippen LogP contribution in [0.15, 0.2) is 77.7 Å². The fraction of sp³-hybridized carbons (Fsp3) is 0.250. The van der Waals surface area contributed by atoms with Crippen molar-refractivity contribution in [3.63, 3.8) is 0 Å². The molecule has 0 aromatic heterocycles. The number of imide groups is 1. The molecule has 1 heterocycles. The average Bonchev–Trinajstić information content (AvgIpc) is 3.17. The lowest BCUT2D eigenvalue weighted by Crippen LogP contribution is -2.47. The van der Waals surface area contributed by atoms with Crippen molar-refractivity contribution in [2.45, 2.75) is 30.2 Å². The van der Waals surface area contributed by atoms with Crippen LogP contribution < -0.4 is 4.74 Å². The first kappa shape index (κ1) is 28.3. The number of rotatable bonds is 12. The molecule has 11 heteroatoms. The monoisotopic (exact) mass is 570 g/mol. The highest BCUT2D eigenvalue weighted by atomic mass is 35.5. The molecular weight excluding hydrogens is 544 g/mol. The predicted octanol–water partition coefficient (Wildman–Crippen LogP) is 4.11. The van der Waals surface area contributed by atoms with Crippen molar-refractivity contribution in [3.05, 3.63) is 94.5 Å². The van der Waals surface area contributed by atoms with Crippen molar-refractivity contribution in [2.24, 2.45) is 0 Å². The Hall–Kier alpha value is -3.73. The Balaban J connectivity index is 1.59. The first-order valence-corrected chi connectivity index (χ1v) is 14.0.